The van der Waals surface area contributed by atoms with E-state index in [9.17, 15) is 0 Å². The standard InChI is InChI=1S/C5H10O3/c1-4(2)5(7-3)8-6/h5-6H,1H2,2-3H3. The second kappa shape index (κ2) is 3.60. The van der Waals surface area contributed by atoms with Gasteiger partial charge in [-0.1, -0.05) is 6.58 Å². The molecule has 0 spiro atoms. The van der Waals surface area contributed by atoms with Gasteiger partial charge in [0.15, 0.2) is 0 Å². The summed E-state index contributed by atoms with van der Waals surface area (Å²) >= 11 is 0. The minimum atomic E-state index is -0.685. The molecule has 1 N–H and O–H groups in total. The van der Waals surface area contributed by atoms with Gasteiger partial charge in [-0.2, -0.15) is 0 Å². The number of ether oxygens (including phenoxy) is 1. The van der Waals surface area contributed by atoms with Gasteiger partial charge in [0.05, 0.1) is 0 Å². The highest BCUT2D eigenvalue weighted by molar-refractivity contribution is 4.91. The Labute approximate surface area is 48.5 Å². The Bertz CT molecular complexity index is 75.7. The molecule has 0 saturated heterocycles. The second-order valence-corrected chi connectivity index (χ2v) is 1.52. The first kappa shape index (κ1) is 7.62. The Hall–Kier alpha value is -0.380. The van der Waals surface area contributed by atoms with Gasteiger partial charge >= 0.3 is 0 Å². The molecule has 0 aromatic carbocycles. The van der Waals surface area contributed by atoms with Crippen molar-refractivity contribution in [2.75, 3.05) is 7.11 Å². The molecule has 3 heteroatoms. The van der Waals surface area contributed by atoms with Crippen molar-refractivity contribution in [1.29, 1.82) is 0 Å². The van der Waals surface area contributed by atoms with Crippen LogP contribution in [0.3, 0.4) is 0 Å². The van der Waals surface area contributed by atoms with E-state index in [0.29, 0.717) is 5.57 Å². The maximum Gasteiger partial charge on any atom is 0.212 e. The molecule has 0 rings (SSSR count). The third-order valence-electron chi connectivity index (χ3n) is 0.712. The largest absolute Gasteiger partial charge is 0.350 e. The highest BCUT2D eigenvalue weighted by Gasteiger charge is 2.04. The third-order valence-corrected chi connectivity index (χ3v) is 0.712. The molecule has 3 nitrogen and oxygen atoms in total. The van der Waals surface area contributed by atoms with E-state index in [1.807, 2.05) is 0 Å². The zero-order valence-corrected chi connectivity index (χ0v) is 5.05. The van der Waals surface area contributed by atoms with Crippen molar-refractivity contribution in [2.24, 2.45) is 0 Å². The van der Waals surface area contributed by atoms with E-state index in [-0.39, 0.29) is 0 Å². The number of hydrogen-bond donors (Lipinski definition) is 1. The van der Waals surface area contributed by atoms with Crippen molar-refractivity contribution in [1.82, 2.24) is 0 Å². The molecule has 1 atom stereocenters. The van der Waals surface area contributed by atoms with Gasteiger partial charge in [-0.3, -0.25) is 0 Å². The van der Waals surface area contributed by atoms with E-state index in [1.165, 1.54) is 7.11 Å². The molecule has 0 aromatic rings. The summed E-state index contributed by atoms with van der Waals surface area (Å²) in [6, 6.07) is 0. The molecule has 8 heavy (non-hydrogen) atoms. The molecular formula is C5H10O3. The lowest BCUT2D eigenvalue weighted by Gasteiger charge is -2.08. The Morgan fingerprint density at radius 1 is 1.75 bits per heavy atom. The predicted molar refractivity (Wildman–Crippen MR) is 29.3 cm³/mol. The highest BCUT2D eigenvalue weighted by Crippen LogP contribution is 2.00. The first-order valence-electron chi connectivity index (χ1n) is 2.20. The maximum absolute atomic E-state index is 8.01. The molecule has 0 aliphatic carbocycles. The molecule has 0 amide bonds. The Kier molecular flexibility index (Phi) is 3.43. The van der Waals surface area contributed by atoms with E-state index in [4.69, 9.17) is 5.26 Å². The first-order valence-corrected chi connectivity index (χ1v) is 2.20. The van der Waals surface area contributed by atoms with Crippen LogP contribution in [0.15, 0.2) is 12.2 Å². The van der Waals surface area contributed by atoms with Crippen LogP contribution in [0.25, 0.3) is 0 Å². The fraction of sp³-hybridized carbons (Fsp3) is 0.600. The average molecular weight is 118 g/mol. The van der Waals surface area contributed by atoms with E-state index in [1.54, 1.807) is 6.92 Å². The lowest BCUT2D eigenvalue weighted by atomic mass is 10.3. The van der Waals surface area contributed by atoms with Gasteiger partial charge in [0.1, 0.15) is 0 Å². The second-order valence-electron chi connectivity index (χ2n) is 1.52. The van der Waals surface area contributed by atoms with E-state index in [0.717, 1.165) is 0 Å². The minimum Gasteiger partial charge on any atom is -0.350 e. The summed E-state index contributed by atoms with van der Waals surface area (Å²) in [5.74, 6) is 0. The van der Waals surface area contributed by atoms with Gasteiger partial charge in [0, 0.05) is 7.11 Å². The molecule has 1 unspecified atom stereocenters. The molecule has 0 fully saturated rings. The van der Waals surface area contributed by atoms with Gasteiger partial charge in [0.25, 0.3) is 0 Å². The predicted octanol–water partition coefficient (Wildman–Crippen LogP) is 1.02. The van der Waals surface area contributed by atoms with Crippen LogP contribution in [0.5, 0.6) is 0 Å². The summed E-state index contributed by atoms with van der Waals surface area (Å²) in [5.41, 5.74) is 0.634. The van der Waals surface area contributed by atoms with Crippen molar-refractivity contribution in [2.45, 2.75) is 13.2 Å². The summed E-state index contributed by atoms with van der Waals surface area (Å²) in [5, 5.41) is 8.01. The van der Waals surface area contributed by atoms with Gasteiger partial charge in [0.2, 0.25) is 6.29 Å². The van der Waals surface area contributed by atoms with Crippen LogP contribution in [-0.2, 0) is 9.62 Å². The highest BCUT2D eigenvalue weighted by atomic mass is 17.1. The normalized spacial score (nSPS) is 13.4. The Morgan fingerprint density at radius 2 is 2.25 bits per heavy atom. The van der Waals surface area contributed by atoms with Crippen LogP contribution in [0.4, 0.5) is 0 Å². The topological polar surface area (TPSA) is 38.7 Å². The van der Waals surface area contributed by atoms with Crippen LogP contribution in [-0.4, -0.2) is 18.7 Å². The summed E-state index contributed by atoms with van der Waals surface area (Å²) < 4.78 is 4.59. The average Bonchev–Trinajstić information content (AvgIpc) is 1.69. The molecule has 0 heterocycles. The van der Waals surface area contributed by atoms with Crippen LogP contribution in [0, 0.1) is 0 Å². The summed E-state index contributed by atoms with van der Waals surface area (Å²) in [7, 11) is 1.43. The molecule has 0 radical (unpaired) electrons. The summed E-state index contributed by atoms with van der Waals surface area (Å²) in [6.45, 7) is 5.19. The molecule has 0 aliphatic heterocycles. The SMILES string of the molecule is C=C(C)C(OC)OO. The van der Waals surface area contributed by atoms with Gasteiger partial charge in [-0.25, -0.2) is 10.1 Å². The van der Waals surface area contributed by atoms with Crippen LogP contribution in [0.2, 0.25) is 0 Å². The molecule has 0 saturated carbocycles. The van der Waals surface area contributed by atoms with E-state index < -0.39 is 6.29 Å². The van der Waals surface area contributed by atoms with Crippen molar-refractivity contribution >= 4 is 0 Å². The van der Waals surface area contributed by atoms with Crippen molar-refractivity contribution in [3.63, 3.8) is 0 Å². The number of rotatable bonds is 3. The maximum atomic E-state index is 8.01. The van der Waals surface area contributed by atoms with Crippen molar-refractivity contribution in [3.8, 4) is 0 Å². The lowest BCUT2D eigenvalue weighted by Crippen LogP contribution is -2.13. The molecule has 0 bridgehead atoms. The number of hydrogen-bond acceptors (Lipinski definition) is 3. The number of methoxy groups -OCH3 is 1. The molecule has 48 valence electrons. The zero-order chi connectivity index (χ0) is 6.57. The lowest BCUT2D eigenvalue weighted by molar-refractivity contribution is -0.327. The van der Waals surface area contributed by atoms with Gasteiger partial charge in [-0.05, 0) is 12.5 Å². The Morgan fingerprint density at radius 3 is 2.25 bits per heavy atom. The minimum absolute atomic E-state index is 0.634. The quantitative estimate of drug-likeness (QED) is 0.260. The first-order chi connectivity index (χ1) is 3.72. The van der Waals surface area contributed by atoms with Crippen molar-refractivity contribution < 1.29 is 14.9 Å². The zero-order valence-electron chi connectivity index (χ0n) is 5.05. The van der Waals surface area contributed by atoms with Crippen molar-refractivity contribution in [3.05, 3.63) is 12.2 Å². The summed E-state index contributed by atoms with van der Waals surface area (Å²) in [6.07, 6.45) is -0.685. The monoisotopic (exact) mass is 118 g/mol. The van der Waals surface area contributed by atoms with Gasteiger partial charge < -0.3 is 4.74 Å². The smallest absolute Gasteiger partial charge is 0.212 e. The van der Waals surface area contributed by atoms with Gasteiger partial charge in [-0.15, -0.1) is 0 Å². The summed E-state index contributed by atoms with van der Waals surface area (Å²) in [4.78, 5) is 3.84. The third kappa shape index (κ3) is 2.07. The fourth-order valence-electron chi connectivity index (χ4n) is 0.334. The molecule has 0 aromatic heterocycles. The van der Waals surface area contributed by atoms with E-state index in [2.05, 4.69) is 16.2 Å². The van der Waals surface area contributed by atoms with E-state index >= 15 is 0 Å². The fourth-order valence-corrected chi connectivity index (χ4v) is 0.334. The van der Waals surface area contributed by atoms with Crippen LogP contribution >= 0.6 is 0 Å². The Balaban J connectivity index is 3.52. The van der Waals surface area contributed by atoms with Crippen LogP contribution < -0.4 is 0 Å². The molecule has 0 aliphatic rings. The van der Waals surface area contributed by atoms with Crippen LogP contribution in [0.1, 0.15) is 6.92 Å². The molecular weight excluding hydrogens is 108 g/mol.